The molecule has 0 spiro atoms. The van der Waals surface area contributed by atoms with Gasteiger partial charge in [-0.25, -0.2) is 0 Å². The van der Waals surface area contributed by atoms with Gasteiger partial charge in [-0.15, -0.1) is 11.8 Å². The third-order valence-corrected chi connectivity index (χ3v) is 4.34. The van der Waals surface area contributed by atoms with E-state index in [4.69, 9.17) is 10.5 Å². The highest BCUT2D eigenvalue weighted by molar-refractivity contribution is 8.00. The average molecular weight is 358 g/mol. The Bertz CT molecular complexity index is 675. The predicted octanol–water partition coefficient (Wildman–Crippen LogP) is 2.14. The van der Waals surface area contributed by atoms with E-state index in [0.29, 0.717) is 13.2 Å². The molecule has 2 amide bonds. The van der Waals surface area contributed by atoms with Crippen LogP contribution in [0.5, 0.6) is 5.75 Å². The van der Waals surface area contributed by atoms with Crippen molar-refractivity contribution in [3.05, 3.63) is 65.7 Å². The minimum absolute atomic E-state index is 0.0888. The maximum Gasteiger partial charge on any atom is 0.230 e. The molecule has 25 heavy (non-hydrogen) atoms. The molecule has 6 heteroatoms. The van der Waals surface area contributed by atoms with Crippen molar-refractivity contribution in [1.82, 2.24) is 5.32 Å². The summed E-state index contributed by atoms with van der Waals surface area (Å²) in [5, 5.41) is 2.82. The van der Waals surface area contributed by atoms with Gasteiger partial charge in [-0.05, 0) is 29.7 Å². The summed E-state index contributed by atoms with van der Waals surface area (Å²) in [6.07, 6.45) is 0.741. The molecule has 0 saturated heterocycles. The summed E-state index contributed by atoms with van der Waals surface area (Å²) in [6.45, 7) is 1.10. The van der Waals surface area contributed by atoms with Crippen molar-refractivity contribution in [1.29, 1.82) is 0 Å². The van der Waals surface area contributed by atoms with E-state index >= 15 is 0 Å². The summed E-state index contributed by atoms with van der Waals surface area (Å²) >= 11 is 1.22. The molecule has 0 unspecified atom stereocenters. The number of amides is 2. The van der Waals surface area contributed by atoms with Gasteiger partial charge in [-0.1, -0.05) is 42.5 Å². The number of ether oxygens (including phenoxy) is 1. The fraction of sp³-hybridized carbons (Fsp3) is 0.263. The molecule has 0 aliphatic carbocycles. The van der Waals surface area contributed by atoms with E-state index in [0.717, 1.165) is 23.3 Å². The molecule has 0 heterocycles. The van der Waals surface area contributed by atoms with Gasteiger partial charge in [-0.3, -0.25) is 9.59 Å². The van der Waals surface area contributed by atoms with E-state index in [1.165, 1.54) is 11.8 Å². The van der Waals surface area contributed by atoms with Gasteiger partial charge in [0.2, 0.25) is 11.8 Å². The van der Waals surface area contributed by atoms with Crippen molar-refractivity contribution < 1.29 is 14.3 Å². The average Bonchev–Trinajstić information content (AvgIpc) is 2.61. The van der Waals surface area contributed by atoms with Crippen LogP contribution in [-0.2, 0) is 22.6 Å². The summed E-state index contributed by atoms with van der Waals surface area (Å²) in [5.41, 5.74) is 7.27. The quantitative estimate of drug-likeness (QED) is 0.682. The number of rotatable bonds is 10. The molecule has 3 N–H and O–H groups in total. The van der Waals surface area contributed by atoms with Gasteiger partial charge in [0.05, 0.1) is 11.5 Å². The second-order valence-electron chi connectivity index (χ2n) is 5.48. The second kappa shape index (κ2) is 10.4. The molecule has 0 saturated carbocycles. The number of nitrogens with one attached hydrogen (secondary N) is 1. The maximum atomic E-state index is 11.6. The Morgan fingerprint density at radius 3 is 2.36 bits per heavy atom. The second-order valence-corrected chi connectivity index (χ2v) is 6.46. The predicted molar refractivity (Wildman–Crippen MR) is 100 cm³/mol. The molecule has 2 aromatic rings. The first kappa shape index (κ1) is 18.9. The van der Waals surface area contributed by atoms with Crippen LogP contribution in [0.25, 0.3) is 0 Å². The van der Waals surface area contributed by atoms with E-state index in [-0.39, 0.29) is 17.4 Å². The zero-order valence-electron chi connectivity index (χ0n) is 13.9. The number of hydrogen-bond acceptors (Lipinski definition) is 4. The van der Waals surface area contributed by atoms with Gasteiger partial charge in [-0.2, -0.15) is 0 Å². The van der Waals surface area contributed by atoms with Crippen molar-refractivity contribution in [2.75, 3.05) is 18.1 Å². The molecule has 0 bridgehead atoms. The maximum absolute atomic E-state index is 11.6. The van der Waals surface area contributed by atoms with Gasteiger partial charge in [0.1, 0.15) is 12.4 Å². The van der Waals surface area contributed by atoms with Crippen LogP contribution in [0.2, 0.25) is 0 Å². The Labute approximate surface area is 151 Å². The van der Waals surface area contributed by atoms with Gasteiger partial charge in [0.25, 0.3) is 0 Å². The van der Waals surface area contributed by atoms with Crippen LogP contribution in [0, 0.1) is 0 Å². The molecule has 0 aromatic heterocycles. The molecular formula is C19H22N2O3S. The van der Waals surface area contributed by atoms with E-state index in [2.05, 4.69) is 5.32 Å². The number of primary amides is 1. The fourth-order valence-electron chi connectivity index (χ4n) is 2.13. The first-order valence-corrected chi connectivity index (χ1v) is 9.17. The molecule has 0 radical (unpaired) electrons. The van der Waals surface area contributed by atoms with E-state index in [9.17, 15) is 9.59 Å². The monoisotopic (exact) mass is 358 g/mol. The summed E-state index contributed by atoms with van der Waals surface area (Å²) in [6, 6.07) is 17.9. The van der Waals surface area contributed by atoms with Crippen LogP contribution in [0.4, 0.5) is 0 Å². The van der Waals surface area contributed by atoms with Crippen LogP contribution in [0.1, 0.15) is 11.1 Å². The lowest BCUT2D eigenvalue weighted by atomic mass is 10.1. The molecule has 0 aliphatic rings. The Morgan fingerprint density at radius 1 is 0.960 bits per heavy atom. The lowest BCUT2D eigenvalue weighted by molar-refractivity contribution is -0.118. The van der Waals surface area contributed by atoms with Crippen molar-refractivity contribution in [2.45, 2.75) is 13.0 Å². The summed E-state index contributed by atoms with van der Waals surface area (Å²) in [7, 11) is 0. The van der Waals surface area contributed by atoms with Crippen molar-refractivity contribution in [3.8, 4) is 5.75 Å². The fourth-order valence-corrected chi connectivity index (χ4v) is 2.73. The van der Waals surface area contributed by atoms with Gasteiger partial charge in [0.15, 0.2) is 0 Å². The van der Waals surface area contributed by atoms with Crippen LogP contribution in [0.15, 0.2) is 54.6 Å². The third kappa shape index (κ3) is 7.76. The summed E-state index contributed by atoms with van der Waals surface area (Å²) in [5.74, 6) is 0.730. The number of benzene rings is 2. The topological polar surface area (TPSA) is 81.4 Å². The van der Waals surface area contributed by atoms with Crippen molar-refractivity contribution >= 4 is 23.6 Å². The van der Waals surface area contributed by atoms with E-state index in [1.54, 1.807) is 0 Å². The number of nitrogens with two attached hydrogens (primary N) is 1. The smallest absolute Gasteiger partial charge is 0.230 e. The summed E-state index contributed by atoms with van der Waals surface area (Å²) in [4.78, 5) is 22.2. The Balaban J connectivity index is 1.66. The van der Waals surface area contributed by atoms with Crippen molar-refractivity contribution in [2.24, 2.45) is 5.73 Å². The Kier molecular flexibility index (Phi) is 7.85. The summed E-state index contributed by atoms with van der Waals surface area (Å²) < 4.78 is 5.74. The number of carbonyl (C=O) groups excluding carboxylic acids is 2. The lowest BCUT2D eigenvalue weighted by Gasteiger charge is -2.08. The van der Waals surface area contributed by atoms with Crippen LogP contribution < -0.4 is 15.8 Å². The molecule has 0 fully saturated rings. The zero-order chi connectivity index (χ0) is 17.9. The zero-order valence-corrected chi connectivity index (χ0v) is 14.8. The van der Waals surface area contributed by atoms with Gasteiger partial charge in [0, 0.05) is 6.54 Å². The number of carbonyl (C=O) groups is 2. The third-order valence-electron chi connectivity index (χ3n) is 3.38. The molecular weight excluding hydrogens is 336 g/mol. The van der Waals surface area contributed by atoms with E-state index < -0.39 is 5.91 Å². The molecule has 2 aromatic carbocycles. The minimum atomic E-state index is -0.410. The highest BCUT2D eigenvalue weighted by Gasteiger charge is 2.03. The van der Waals surface area contributed by atoms with Crippen LogP contribution in [-0.4, -0.2) is 29.9 Å². The SMILES string of the molecule is NC(=O)CSCC(=O)NCCc1ccc(OCc2ccccc2)cc1. The first-order chi connectivity index (χ1) is 12.1. The van der Waals surface area contributed by atoms with Crippen molar-refractivity contribution in [3.63, 3.8) is 0 Å². The molecule has 132 valence electrons. The Morgan fingerprint density at radius 2 is 1.68 bits per heavy atom. The highest BCUT2D eigenvalue weighted by atomic mass is 32.2. The lowest BCUT2D eigenvalue weighted by Crippen LogP contribution is -2.28. The normalized spacial score (nSPS) is 10.2. The largest absolute Gasteiger partial charge is 0.489 e. The van der Waals surface area contributed by atoms with Crippen LogP contribution >= 0.6 is 11.8 Å². The standard InChI is InChI=1S/C19H22N2O3S/c20-18(22)13-25-14-19(23)21-11-10-15-6-8-17(9-7-15)24-12-16-4-2-1-3-5-16/h1-9H,10-14H2,(H2,20,22)(H,21,23). The minimum Gasteiger partial charge on any atom is -0.489 e. The first-order valence-electron chi connectivity index (χ1n) is 8.02. The number of thioether (sulfide) groups is 1. The van der Waals surface area contributed by atoms with Crippen LogP contribution in [0.3, 0.4) is 0 Å². The number of hydrogen-bond donors (Lipinski definition) is 2. The molecule has 5 nitrogen and oxygen atoms in total. The molecule has 0 aliphatic heterocycles. The molecule has 0 atom stereocenters. The van der Waals surface area contributed by atoms with E-state index in [1.807, 2.05) is 54.6 Å². The van der Waals surface area contributed by atoms with Gasteiger partial charge < -0.3 is 15.8 Å². The highest BCUT2D eigenvalue weighted by Crippen LogP contribution is 2.14. The van der Waals surface area contributed by atoms with Gasteiger partial charge >= 0.3 is 0 Å². The molecule has 2 rings (SSSR count). The Hall–Kier alpha value is -2.47.